The Morgan fingerprint density at radius 3 is 2.72 bits per heavy atom. The first-order valence-electron chi connectivity index (χ1n) is 11.5. The van der Waals surface area contributed by atoms with Crippen molar-refractivity contribution in [1.29, 1.82) is 0 Å². The second-order valence-corrected chi connectivity index (χ2v) is 9.02. The molecule has 1 aliphatic carbocycles. The molecule has 1 aromatic heterocycles. The van der Waals surface area contributed by atoms with Gasteiger partial charge in [-0.3, -0.25) is 4.79 Å². The molecule has 5 heteroatoms. The largest absolute Gasteiger partial charge is 0.358 e. The minimum absolute atomic E-state index is 0.0618. The number of hydrogen-bond donors (Lipinski definition) is 3. The summed E-state index contributed by atoms with van der Waals surface area (Å²) in [7, 11) is 1.99. The molecule has 2 aliphatic rings. The first kappa shape index (κ1) is 21.0. The van der Waals surface area contributed by atoms with E-state index in [1.54, 1.807) is 0 Å². The van der Waals surface area contributed by atoms with Crippen molar-refractivity contribution in [3.05, 3.63) is 75.6 Å². The molecule has 5 rings (SSSR count). The number of halogens is 1. The number of H-pyrrole nitrogens is 1. The van der Waals surface area contributed by atoms with Crippen molar-refractivity contribution in [3.8, 4) is 11.1 Å². The van der Waals surface area contributed by atoms with Crippen LogP contribution in [0.1, 0.15) is 47.3 Å². The highest BCUT2D eigenvalue weighted by Crippen LogP contribution is 2.42. The van der Waals surface area contributed by atoms with Crippen molar-refractivity contribution in [2.75, 3.05) is 18.9 Å². The molecule has 0 unspecified atom stereocenters. The van der Waals surface area contributed by atoms with Crippen molar-refractivity contribution in [3.63, 3.8) is 0 Å². The monoisotopic (exact) mass is 445 g/mol. The lowest BCUT2D eigenvalue weighted by atomic mass is 9.91. The van der Waals surface area contributed by atoms with Gasteiger partial charge < -0.3 is 15.6 Å². The minimum atomic E-state index is -0.0618. The number of amides is 1. The van der Waals surface area contributed by atoms with Crippen molar-refractivity contribution < 1.29 is 4.79 Å². The van der Waals surface area contributed by atoms with Gasteiger partial charge in [0.05, 0.1) is 5.57 Å². The fourth-order valence-electron chi connectivity index (χ4n) is 5.06. The average Bonchev–Trinajstić information content (AvgIpc) is 3.31. The van der Waals surface area contributed by atoms with E-state index in [4.69, 9.17) is 11.6 Å². The maximum Gasteiger partial charge on any atom is 0.256 e. The van der Waals surface area contributed by atoms with Gasteiger partial charge in [-0.15, -0.1) is 0 Å². The number of carbonyl (C=O) groups excluding carboxylic acids is 1. The standard InChI is InChI=1S/C27H28ClN3O/c1-29-15-7-11-19-18-9-3-5-13-23(18)30-25(19)16-21-26-20(17-8-2-4-12-22(17)28)10-6-14-24(26)31-27(21)32/h2,4,6,8,10,12,14,16,29-30H,3,5,7,9,11,13,15H2,1H3,(H,31,32)/b21-16-. The summed E-state index contributed by atoms with van der Waals surface area (Å²) >= 11 is 6.53. The van der Waals surface area contributed by atoms with Crippen LogP contribution in [0.5, 0.6) is 0 Å². The SMILES string of the molecule is CNCCCc1c(/C=C2\C(=O)Nc3cccc(-c4ccccc4Cl)c32)[nH]c2c1CCCC2. The quantitative estimate of drug-likeness (QED) is 0.329. The maximum absolute atomic E-state index is 13.1. The topological polar surface area (TPSA) is 56.9 Å². The van der Waals surface area contributed by atoms with Crippen molar-refractivity contribution in [2.24, 2.45) is 0 Å². The number of aromatic amines is 1. The molecular formula is C27H28ClN3O. The highest BCUT2D eigenvalue weighted by molar-refractivity contribution is 6.37. The van der Waals surface area contributed by atoms with E-state index in [0.29, 0.717) is 10.6 Å². The summed E-state index contributed by atoms with van der Waals surface area (Å²) < 4.78 is 0. The van der Waals surface area contributed by atoms with Gasteiger partial charge in [-0.1, -0.05) is 41.9 Å². The number of aromatic nitrogens is 1. The number of nitrogens with one attached hydrogen (secondary N) is 3. The third kappa shape index (κ3) is 3.78. The van der Waals surface area contributed by atoms with Crippen LogP contribution in [0.4, 0.5) is 5.69 Å². The molecule has 0 saturated carbocycles. The molecule has 0 spiro atoms. The number of carbonyl (C=O) groups is 1. The van der Waals surface area contributed by atoms with Crippen molar-refractivity contribution in [1.82, 2.24) is 10.3 Å². The molecule has 0 saturated heterocycles. The van der Waals surface area contributed by atoms with Gasteiger partial charge in [-0.25, -0.2) is 0 Å². The molecule has 164 valence electrons. The number of hydrogen-bond acceptors (Lipinski definition) is 2. The van der Waals surface area contributed by atoms with Crippen LogP contribution in [-0.4, -0.2) is 24.5 Å². The first-order valence-corrected chi connectivity index (χ1v) is 11.8. The summed E-state index contributed by atoms with van der Waals surface area (Å²) in [4.78, 5) is 16.8. The number of rotatable bonds is 6. The van der Waals surface area contributed by atoms with Crippen LogP contribution in [0.25, 0.3) is 22.8 Å². The normalized spacial score (nSPS) is 16.2. The maximum atomic E-state index is 13.1. The lowest BCUT2D eigenvalue weighted by Gasteiger charge is -2.13. The van der Waals surface area contributed by atoms with Gasteiger partial charge in [-0.05, 0) is 87.0 Å². The van der Waals surface area contributed by atoms with E-state index in [1.165, 1.54) is 29.7 Å². The van der Waals surface area contributed by atoms with E-state index in [-0.39, 0.29) is 5.91 Å². The molecule has 2 aromatic carbocycles. The number of anilines is 1. The van der Waals surface area contributed by atoms with Crippen LogP contribution in [0.3, 0.4) is 0 Å². The zero-order chi connectivity index (χ0) is 22.1. The van der Waals surface area contributed by atoms with Crippen LogP contribution in [0.15, 0.2) is 42.5 Å². The van der Waals surface area contributed by atoms with Gasteiger partial charge in [0.2, 0.25) is 0 Å². The third-order valence-electron chi connectivity index (χ3n) is 6.58. The molecule has 32 heavy (non-hydrogen) atoms. The smallest absolute Gasteiger partial charge is 0.256 e. The Balaban J connectivity index is 1.64. The highest BCUT2D eigenvalue weighted by atomic mass is 35.5. The van der Waals surface area contributed by atoms with Gasteiger partial charge in [0.25, 0.3) is 5.91 Å². The molecule has 1 amide bonds. The molecule has 3 N–H and O–H groups in total. The minimum Gasteiger partial charge on any atom is -0.358 e. The summed E-state index contributed by atoms with van der Waals surface area (Å²) in [5, 5.41) is 6.99. The molecule has 0 atom stereocenters. The molecular weight excluding hydrogens is 418 g/mol. The Kier molecular flexibility index (Phi) is 5.90. The predicted octanol–water partition coefficient (Wildman–Crippen LogP) is 5.86. The second-order valence-electron chi connectivity index (χ2n) is 8.61. The van der Waals surface area contributed by atoms with E-state index in [9.17, 15) is 4.79 Å². The van der Waals surface area contributed by atoms with Crippen LogP contribution < -0.4 is 10.6 Å². The fraction of sp³-hybridized carbons (Fsp3) is 0.296. The van der Waals surface area contributed by atoms with Crippen molar-refractivity contribution >= 4 is 34.8 Å². The van der Waals surface area contributed by atoms with E-state index < -0.39 is 0 Å². The average molecular weight is 446 g/mol. The Bertz CT molecular complexity index is 1210. The predicted molar refractivity (Wildman–Crippen MR) is 133 cm³/mol. The number of fused-ring (bicyclic) bond motifs is 2. The highest BCUT2D eigenvalue weighted by Gasteiger charge is 2.29. The molecule has 0 fully saturated rings. The Labute approximate surface area is 194 Å². The van der Waals surface area contributed by atoms with Gasteiger partial charge in [0.15, 0.2) is 0 Å². The number of benzene rings is 2. The second kappa shape index (κ2) is 8.97. The Morgan fingerprint density at radius 1 is 1.06 bits per heavy atom. The molecule has 3 aromatic rings. The number of aryl methyl sites for hydroxylation is 1. The van der Waals surface area contributed by atoms with Gasteiger partial charge in [0.1, 0.15) is 0 Å². The van der Waals surface area contributed by atoms with Gasteiger partial charge >= 0.3 is 0 Å². The molecule has 4 nitrogen and oxygen atoms in total. The Hall–Kier alpha value is -2.82. The zero-order valence-electron chi connectivity index (χ0n) is 18.4. The van der Waals surface area contributed by atoms with Crippen LogP contribution in [0, 0.1) is 0 Å². The van der Waals surface area contributed by atoms with E-state index in [0.717, 1.165) is 60.3 Å². The summed E-state index contributed by atoms with van der Waals surface area (Å²) in [5.74, 6) is -0.0618. The summed E-state index contributed by atoms with van der Waals surface area (Å²) in [6, 6.07) is 13.8. The van der Waals surface area contributed by atoms with Gasteiger partial charge in [-0.2, -0.15) is 0 Å². The molecule has 0 bridgehead atoms. The van der Waals surface area contributed by atoms with Crippen LogP contribution in [0.2, 0.25) is 5.02 Å². The van der Waals surface area contributed by atoms with E-state index in [1.807, 2.05) is 49.5 Å². The summed E-state index contributed by atoms with van der Waals surface area (Å²) in [6.07, 6.45) is 8.81. The van der Waals surface area contributed by atoms with Crippen LogP contribution >= 0.6 is 11.6 Å². The molecule has 2 heterocycles. The summed E-state index contributed by atoms with van der Waals surface area (Å²) in [5.41, 5.74) is 9.66. The molecule has 0 radical (unpaired) electrons. The summed E-state index contributed by atoms with van der Waals surface area (Å²) in [6.45, 7) is 0.982. The van der Waals surface area contributed by atoms with E-state index in [2.05, 4.69) is 21.7 Å². The van der Waals surface area contributed by atoms with Crippen LogP contribution in [-0.2, 0) is 24.1 Å². The molecule has 1 aliphatic heterocycles. The van der Waals surface area contributed by atoms with Crippen molar-refractivity contribution in [2.45, 2.75) is 38.5 Å². The zero-order valence-corrected chi connectivity index (χ0v) is 19.1. The Morgan fingerprint density at radius 2 is 1.88 bits per heavy atom. The lowest BCUT2D eigenvalue weighted by Crippen LogP contribution is -2.09. The van der Waals surface area contributed by atoms with E-state index >= 15 is 0 Å². The first-order chi connectivity index (χ1) is 15.7. The lowest BCUT2D eigenvalue weighted by molar-refractivity contribution is -0.110. The van der Waals surface area contributed by atoms with Gasteiger partial charge in [0, 0.05) is 33.2 Å². The fourth-order valence-corrected chi connectivity index (χ4v) is 5.30. The third-order valence-corrected chi connectivity index (χ3v) is 6.91.